The van der Waals surface area contributed by atoms with E-state index in [9.17, 15) is 4.79 Å². The van der Waals surface area contributed by atoms with E-state index in [-0.39, 0.29) is 5.50 Å². The topological polar surface area (TPSA) is 54.3 Å². The van der Waals surface area contributed by atoms with Crippen LogP contribution in [0.15, 0.2) is 21.8 Å². The van der Waals surface area contributed by atoms with Crippen LogP contribution in [0.4, 0.5) is 0 Å². The van der Waals surface area contributed by atoms with Gasteiger partial charge >= 0.3 is 5.97 Å². The average molecular weight is 225 g/mol. The molecule has 2 aliphatic heterocycles. The van der Waals surface area contributed by atoms with Crippen molar-refractivity contribution in [2.45, 2.75) is 5.50 Å². The second-order valence-electron chi connectivity index (χ2n) is 3.14. The number of carbonyl (C=O) groups is 1. The van der Waals surface area contributed by atoms with Crippen molar-refractivity contribution in [3.05, 3.63) is 11.8 Å². The highest BCUT2D eigenvalue weighted by Gasteiger charge is 2.32. The van der Waals surface area contributed by atoms with Gasteiger partial charge < -0.3 is 9.64 Å². The van der Waals surface area contributed by atoms with Gasteiger partial charge in [-0.3, -0.25) is 0 Å². The maximum Gasteiger partial charge on any atom is 0.356 e. The molecular formula is C9H11N3O2S. The number of rotatable bonds is 2. The molecule has 2 heterocycles. The van der Waals surface area contributed by atoms with Gasteiger partial charge in [0.2, 0.25) is 0 Å². The molecule has 0 aromatic carbocycles. The summed E-state index contributed by atoms with van der Waals surface area (Å²) in [5, 5.41) is 0. The zero-order chi connectivity index (χ0) is 11.0. The molecule has 6 heteroatoms. The van der Waals surface area contributed by atoms with E-state index >= 15 is 0 Å². The zero-order valence-electron chi connectivity index (χ0n) is 8.72. The summed E-state index contributed by atoms with van der Waals surface area (Å²) >= 11 is 1.62. The fourth-order valence-corrected chi connectivity index (χ4v) is 2.12. The van der Waals surface area contributed by atoms with Gasteiger partial charge in [0.15, 0.2) is 17.0 Å². The van der Waals surface area contributed by atoms with Gasteiger partial charge in [0.1, 0.15) is 0 Å². The van der Waals surface area contributed by atoms with Gasteiger partial charge in [-0.2, -0.15) is 0 Å². The summed E-state index contributed by atoms with van der Waals surface area (Å²) in [4.78, 5) is 21.7. The van der Waals surface area contributed by atoms with Gasteiger partial charge in [-0.05, 0) is 12.3 Å². The first-order valence-electron chi connectivity index (χ1n) is 4.40. The van der Waals surface area contributed by atoms with Crippen molar-refractivity contribution in [3.8, 4) is 0 Å². The second kappa shape index (κ2) is 3.69. The van der Waals surface area contributed by atoms with Gasteiger partial charge in [-0.1, -0.05) is 0 Å². The minimum absolute atomic E-state index is 0.0641. The number of esters is 1. The van der Waals surface area contributed by atoms with Crippen LogP contribution in [-0.4, -0.2) is 48.3 Å². The van der Waals surface area contributed by atoms with Crippen molar-refractivity contribution in [2.75, 3.05) is 20.4 Å². The number of aliphatic imine (C=N–C) groups is 2. The van der Waals surface area contributed by atoms with Crippen molar-refractivity contribution >= 4 is 29.3 Å². The molecule has 0 bridgehead atoms. The molecule has 0 fully saturated rings. The summed E-state index contributed by atoms with van der Waals surface area (Å²) in [7, 11) is 3.27. The lowest BCUT2D eigenvalue weighted by molar-refractivity contribution is -0.132. The first-order chi connectivity index (χ1) is 7.17. The van der Waals surface area contributed by atoms with E-state index in [2.05, 4.69) is 14.7 Å². The van der Waals surface area contributed by atoms with Crippen LogP contribution in [0.5, 0.6) is 0 Å². The molecular weight excluding hydrogens is 214 g/mol. The highest BCUT2D eigenvalue weighted by atomic mass is 32.2. The molecule has 0 N–H and O–H groups in total. The van der Waals surface area contributed by atoms with Crippen molar-refractivity contribution in [3.63, 3.8) is 0 Å². The molecule has 0 radical (unpaired) electrons. The van der Waals surface area contributed by atoms with E-state index in [0.29, 0.717) is 11.5 Å². The van der Waals surface area contributed by atoms with E-state index in [4.69, 9.17) is 0 Å². The number of carbonyl (C=O) groups excluding carboxylic acids is 1. The van der Waals surface area contributed by atoms with Crippen molar-refractivity contribution < 1.29 is 9.53 Å². The van der Waals surface area contributed by atoms with Crippen LogP contribution in [0.2, 0.25) is 0 Å². The lowest BCUT2D eigenvalue weighted by Crippen LogP contribution is -2.22. The number of ether oxygens (including phenoxy) is 1. The summed E-state index contributed by atoms with van der Waals surface area (Å²) in [6.07, 6.45) is 3.69. The van der Waals surface area contributed by atoms with Gasteiger partial charge in [0.25, 0.3) is 0 Å². The summed E-state index contributed by atoms with van der Waals surface area (Å²) in [6.45, 7) is 0. The molecule has 5 nitrogen and oxygen atoms in total. The third-order valence-corrected chi connectivity index (χ3v) is 3.12. The molecule has 2 aliphatic rings. The Bertz CT molecular complexity index is 400. The largest absolute Gasteiger partial charge is 0.464 e. The van der Waals surface area contributed by atoms with Gasteiger partial charge in [0, 0.05) is 7.05 Å². The van der Waals surface area contributed by atoms with Crippen LogP contribution < -0.4 is 0 Å². The second-order valence-corrected chi connectivity index (χ2v) is 4.04. The standard InChI is InChI=1S/C9H11N3O2S/c1-12-6-4-5(8(13)14-2)10-7(6)11-9(12)15-3/h4,9H,1-3H3/t9-/m0/s1. The molecule has 0 aromatic heterocycles. The highest BCUT2D eigenvalue weighted by Crippen LogP contribution is 2.28. The molecule has 80 valence electrons. The van der Waals surface area contributed by atoms with Crippen LogP contribution in [0.1, 0.15) is 0 Å². The minimum Gasteiger partial charge on any atom is -0.464 e. The molecule has 15 heavy (non-hydrogen) atoms. The Balaban J connectivity index is 2.28. The van der Waals surface area contributed by atoms with E-state index in [1.54, 1.807) is 17.8 Å². The van der Waals surface area contributed by atoms with Crippen LogP contribution in [0, 0.1) is 0 Å². The smallest absolute Gasteiger partial charge is 0.356 e. The summed E-state index contributed by atoms with van der Waals surface area (Å²) in [5.41, 5.74) is 1.27. The van der Waals surface area contributed by atoms with Gasteiger partial charge in [-0.15, -0.1) is 11.8 Å². The quantitative estimate of drug-likeness (QED) is 0.642. The van der Waals surface area contributed by atoms with Gasteiger partial charge in [0.05, 0.1) is 12.8 Å². The predicted octanol–water partition coefficient (Wildman–Crippen LogP) is 0.488. The number of methoxy groups -OCH3 is 1. The Kier molecular flexibility index (Phi) is 2.52. The first kappa shape index (κ1) is 10.2. The number of hydrogen-bond donors (Lipinski definition) is 0. The number of nitrogens with zero attached hydrogens (tertiary/aromatic N) is 3. The van der Waals surface area contributed by atoms with Crippen LogP contribution in [0.25, 0.3) is 0 Å². The van der Waals surface area contributed by atoms with Crippen molar-refractivity contribution in [1.29, 1.82) is 0 Å². The van der Waals surface area contributed by atoms with E-state index in [1.807, 2.05) is 18.2 Å². The minimum atomic E-state index is -0.422. The number of thioether (sulfide) groups is 1. The van der Waals surface area contributed by atoms with Gasteiger partial charge in [-0.25, -0.2) is 14.8 Å². The SMILES string of the molecule is COC(=O)C1=NC2=N[C@H](SC)N(C)C2=C1. The summed E-state index contributed by atoms with van der Waals surface area (Å²) in [6, 6.07) is 0. The van der Waals surface area contributed by atoms with Crippen LogP contribution >= 0.6 is 11.8 Å². The molecule has 0 spiro atoms. The number of likely N-dealkylation sites (N-methyl/N-ethyl adjacent to an activating group) is 1. The fourth-order valence-electron chi connectivity index (χ4n) is 1.48. The lowest BCUT2D eigenvalue weighted by atomic mass is 10.3. The predicted molar refractivity (Wildman–Crippen MR) is 60.0 cm³/mol. The molecule has 2 rings (SSSR count). The van der Waals surface area contributed by atoms with Crippen molar-refractivity contribution in [2.24, 2.45) is 9.98 Å². The monoisotopic (exact) mass is 225 g/mol. The molecule has 0 unspecified atom stereocenters. The molecule has 0 amide bonds. The zero-order valence-corrected chi connectivity index (χ0v) is 9.54. The highest BCUT2D eigenvalue weighted by molar-refractivity contribution is 7.99. The lowest BCUT2D eigenvalue weighted by Gasteiger charge is -2.17. The summed E-state index contributed by atoms with van der Waals surface area (Å²) in [5.74, 6) is 0.200. The van der Waals surface area contributed by atoms with E-state index in [0.717, 1.165) is 5.70 Å². The fraction of sp³-hybridized carbons (Fsp3) is 0.444. The van der Waals surface area contributed by atoms with E-state index in [1.165, 1.54) is 7.11 Å². The number of hydrogen-bond acceptors (Lipinski definition) is 6. The Labute approximate surface area is 91.9 Å². The third kappa shape index (κ3) is 1.54. The molecule has 0 saturated heterocycles. The maximum absolute atomic E-state index is 11.2. The van der Waals surface area contributed by atoms with Crippen LogP contribution in [-0.2, 0) is 9.53 Å². The number of amidine groups is 1. The Morgan fingerprint density at radius 3 is 2.93 bits per heavy atom. The van der Waals surface area contributed by atoms with Crippen LogP contribution in [0.3, 0.4) is 0 Å². The molecule has 0 saturated carbocycles. The maximum atomic E-state index is 11.2. The third-order valence-electron chi connectivity index (χ3n) is 2.28. The Morgan fingerprint density at radius 2 is 2.40 bits per heavy atom. The average Bonchev–Trinajstić information content (AvgIpc) is 2.77. The Morgan fingerprint density at radius 1 is 1.67 bits per heavy atom. The molecule has 1 atom stereocenters. The summed E-state index contributed by atoms with van der Waals surface area (Å²) < 4.78 is 4.59. The van der Waals surface area contributed by atoms with Crippen molar-refractivity contribution in [1.82, 2.24) is 4.90 Å². The number of fused-ring (bicyclic) bond motifs is 1. The molecule has 0 aromatic rings. The Hall–Kier alpha value is -1.30. The van der Waals surface area contributed by atoms with E-state index < -0.39 is 5.97 Å². The molecule has 0 aliphatic carbocycles. The normalized spacial score (nSPS) is 23.3. The first-order valence-corrected chi connectivity index (χ1v) is 5.68.